The van der Waals surface area contributed by atoms with Gasteiger partial charge in [-0.05, 0) is 24.3 Å². The normalized spacial score (nSPS) is 9.60. The molecule has 1 aromatic heterocycles. The van der Waals surface area contributed by atoms with Crippen LogP contribution in [0.3, 0.4) is 0 Å². The summed E-state index contributed by atoms with van der Waals surface area (Å²) in [7, 11) is 0. The van der Waals surface area contributed by atoms with Gasteiger partial charge in [0.15, 0.2) is 5.69 Å². The van der Waals surface area contributed by atoms with E-state index in [-0.39, 0.29) is 11.4 Å². The Morgan fingerprint density at radius 2 is 1.95 bits per heavy atom. The molecule has 0 spiro atoms. The van der Waals surface area contributed by atoms with Gasteiger partial charge in [-0.25, -0.2) is 10.8 Å². The van der Waals surface area contributed by atoms with Crippen LogP contribution in [0.1, 0.15) is 26.5 Å². The highest BCUT2D eigenvalue weighted by Crippen LogP contribution is 2.11. The van der Waals surface area contributed by atoms with E-state index in [1.165, 1.54) is 6.33 Å². The zero-order valence-corrected chi connectivity index (χ0v) is 10.2. The van der Waals surface area contributed by atoms with E-state index < -0.39 is 11.8 Å². The maximum atomic E-state index is 12.0. The third kappa shape index (κ3) is 2.63. The van der Waals surface area contributed by atoms with E-state index in [2.05, 4.69) is 15.3 Å². The molecular weight excluding hydrogens is 260 g/mol. The Morgan fingerprint density at radius 1 is 1.25 bits per heavy atom. The van der Waals surface area contributed by atoms with Gasteiger partial charge in [0.1, 0.15) is 5.69 Å². The van der Waals surface area contributed by atoms with Gasteiger partial charge in [0.2, 0.25) is 0 Å². The molecule has 0 aliphatic rings. The number of carbonyl (C=O) groups is 2. The molecule has 0 unspecified atom stereocenters. The summed E-state index contributed by atoms with van der Waals surface area (Å²) in [5.41, 5.74) is 2.77. The number of hydrogen-bond donors (Lipinski definition) is 4. The van der Waals surface area contributed by atoms with Crippen molar-refractivity contribution in [1.82, 2.24) is 15.4 Å². The Balaban J connectivity index is 2.18. The number of nitrogen functional groups attached to an aromatic ring is 1. The van der Waals surface area contributed by atoms with Crippen LogP contribution >= 0.6 is 0 Å². The number of anilines is 1. The highest BCUT2D eigenvalue weighted by Gasteiger charge is 2.19. The molecule has 20 heavy (non-hydrogen) atoms. The number of nitrogens with zero attached hydrogens (tertiary/aromatic N) is 2. The largest absolute Gasteiger partial charge is 0.340 e. The number of H-pyrrole nitrogens is 1. The van der Waals surface area contributed by atoms with Crippen LogP contribution in [0.25, 0.3) is 0 Å². The predicted octanol–water partition coefficient (Wildman–Crippen LogP) is 0.137. The number of amides is 2. The molecule has 0 bridgehead atoms. The minimum atomic E-state index is -0.670. The van der Waals surface area contributed by atoms with E-state index in [4.69, 9.17) is 11.1 Å². The Bertz CT molecular complexity index is 683. The van der Waals surface area contributed by atoms with Crippen molar-refractivity contribution >= 4 is 17.5 Å². The molecule has 0 fully saturated rings. The summed E-state index contributed by atoms with van der Waals surface area (Å²) in [6.07, 6.45) is 1.22. The van der Waals surface area contributed by atoms with Crippen molar-refractivity contribution in [3.63, 3.8) is 0 Å². The molecule has 0 aliphatic carbocycles. The molecule has 0 aliphatic heterocycles. The smallest absolute Gasteiger partial charge is 0.286 e. The zero-order chi connectivity index (χ0) is 14.5. The molecule has 5 N–H and O–H groups in total. The summed E-state index contributed by atoms with van der Waals surface area (Å²) in [6.45, 7) is 0. The van der Waals surface area contributed by atoms with Gasteiger partial charge in [-0.1, -0.05) is 0 Å². The summed E-state index contributed by atoms with van der Waals surface area (Å²) in [4.78, 5) is 29.7. The van der Waals surface area contributed by atoms with Crippen LogP contribution in [0.15, 0.2) is 30.6 Å². The first-order valence-electron chi connectivity index (χ1n) is 5.51. The maximum absolute atomic E-state index is 12.0. The number of nitrogens with two attached hydrogens (primary N) is 1. The maximum Gasteiger partial charge on any atom is 0.286 e. The second-order valence-corrected chi connectivity index (χ2v) is 3.74. The van der Waals surface area contributed by atoms with Gasteiger partial charge in [0.05, 0.1) is 18.0 Å². The Labute approximate surface area is 113 Å². The molecule has 0 saturated heterocycles. The summed E-state index contributed by atoms with van der Waals surface area (Å²) in [6, 6.07) is 8.26. The second kappa shape index (κ2) is 5.64. The van der Waals surface area contributed by atoms with Crippen molar-refractivity contribution in [1.29, 1.82) is 5.26 Å². The molecule has 2 rings (SSSR count). The first kappa shape index (κ1) is 13.3. The number of nitrogens with one attached hydrogen (secondary N) is 3. The lowest BCUT2D eigenvalue weighted by atomic mass is 10.2. The summed E-state index contributed by atoms with van der Waals surface area (Å²) >= 11 is 0. The third-order valence-corrected chi connectivity index (χ3v) is 2.48. The molecule has 100 valence electrons. The van der Waals surface area contributed by atoms with E-state index in [1.54, 1.807) is 24.3 Å². The van der Waals surface area contributed by atoms with Crippen molar-refractivity contribution in [2.24, 2.45) is 5.84 Å². The molecule has 1 heterocycles. The number of hydrogen-bond acceptors (Lipinski definition) is 5. The van der Waals surface area contributed by atoms with Crippen molar-refractivity contribution in [3.05, 3.63) is 47.5 Å². The van der Waals surface area contributed by atoms with Crippen molar-refractivity contribution < 1.29 is 9.59 Å². The van der Waals surface area contributed by atoms with Crippen LogP contribution in [0.2, 0.25) is 0 Å². The Morgan fingerprint density at radius 3 is 2.55 bits per heavy atom. The van der Waals surface area contributed by atoms with E-state index in [0.717, 1.165) is 0 Å². The highest BCUT2D eigenvalue weighted by molar-refractivity contribution is 6.09. The topological polar surface area (TPSA) is 137 Å². The molecular formula is C12H10N6O2. The van der Waals surface area contributed by atoms with E-state index in [9.17, 15) is 9.59 Å². The molecule has 0 atom stereocenters. The summed E-state index contributed by atoms with van der Waals surface area (Å²) in [5, 5.41) is 11.3. The van der Waals surface area contributed by atoms with Crippen LogP contribution in [0, 0.1) is 11.3 Å². The Kier molecular flexibility index (Phi) is 3.74. The SMILES string of the molecule is N#Cc1ccc(NC(=O)c2[nH]cnc2C(=O)NN)cc1. The molecule has 8 heteroatoms. The molecule has 2 aromatic rings. The van der Waals surface area contributed by atoms with Crippen LogP contribution < -0.4 is 16.6 Å². The average molecular weight is 270 g/mol. The number of aromatic amines is 1. The number of carbonyl (C=O) groups excluding carboxylic acids is 2. The number of rotatable bonds is 3. The minimum absolute atomic E-state index is 0.00249. The second-order valence-electron chi connectivity index (χ2n) is 3.74. The van der Waals surface area contributed by atoms with Gasteiger partial charge < -0.3 is 10.3 Å². The lowest BCUT2D eigenvalue weighted by Crippen LogP contribution is -2.32. The van der Waals surface area contributed by atoms with Crippen molar-refractivity contribution in [2.45, 2.75) is 0 Å². The first-order chi connectivity index (χ1) is 9.65. The van der Waals surface area contributed by atoms with Crippen LogP contribution in [-0.2, 0) is 0 Å². The molecule has 0 saturated carbocycles. The molecule has 2 amide bonds. The van der Waals surface area contributed by atoms with Crippen LogP contribution in [0.5, 0.6) is 0 Å². The van der Waals surface area contributed by atoms with Gasteiger partial charge in [-0.3, -0.25) is 15.0 Å². The van der Waals surface area contributed by atoms with Crippen LogP contribution in [-0.4, -0.2) is 21.8 Å². The fourth-order valence-electron chi connectivity index (χ4n) is 1.53. The quantitative estimate of drug-likeness (QED) is 0.357. The lowest BCUT2D eigenvalue weighted by Gasteiger charge is -2.05. The first-order valence-corrected chi connectivity index (χ1v) is 5.51. The number of benzene rings is 1. The van der Waals surface area contributed by atoms with Gasteiger partial charge in [0.25, 0.3) is 11.8 Å². The lowest BCUT2D eigenvalue weighted by molar-refractivity contribution is 0.0935. The number of hydrazine groups is 1. The third-order valence-electron chi connectivity index (χ3n) is 2.48. The predicted molar refractivity (Wildman–Crippen MR) is 69.4 cm³/mol. The highest BCUT2D eigenvalue weighted by atomic mass is 16.2. The fraction of sp³-hybridized carbons (Fsp3) is 0. The number of nitriles is 1. The Hall–Kier alpha value is -3.18. The summed E-state index contributed by atoms with van der Waals surface area (Å²) in [5.74, 6) is 3.79. The molecule has 0 radical (unpaired) electrons. The average Bonchev–Trinajstić information content (AvgIpc) is 2.96. The summed E-state index contributed by atoms with van der Waals surface area (Å²) < 4.78 is 0. The molecule has 1 aromatic carbocycles. The van der Waals surface area contributed by atoms with E-state index in [1.807, 2.05) is 11.5 Å². The van der Waals surface area contributed by atoms with Crippen LogP contribution in [0.4, 0.5) is 5.69 Å². The monoisotopic (exact) mass is 270 g/mol. The fourth-order valence-corrected chi connectivity index (χ4v) is 1.53. The number of aromatic nitrogens is 2. The minimum Gasteiger partial charge on any atom is -0.340 e. The van der Waals surface area contributed by atoms with Crippen molar-refractivity contribution in [2.75, 3.05) is 5.32 Å². The number of imidazole rings is 1. The van der Waals surface area contributed by atoms with Gasteiger partial charge in [-0.2, -0.15) is 5.26 Å². The van der Waals surface area contributed by atoms with Crippen molar-refractivity contribution in [3.8, 4) is 6.07 Å². The van der Waals surface area contributed by atoms with E-state index >= 15 is 0 Å². The van der Waals surface area contributed by atoms with Gasteiger partial charge in [0, 0.05) is 5.69 Å². The standard InChI is InChI=1S/C12H10N6O2/c13-5-7-1-3-8(4-2-7)17-11(19)9-10(12(20)18-14)16-6-15-9/h1-4,6H,14H2,(H,15,16)(H,17,19)(H,18,20). The van der Waals surface area contributed by atoms with Gasteiger partial charge in [-0.15, -0.1) is 0 Å². The zero-order valence-electron chi connectivity index (χ0n) is 10.2. The molecule has 8 nitrogen and oxygen atoms in total. The van der Waals surface area contributed by atoms with Gasteiger partial charge >= 0.3 is 0 Å². The van der Waals surface area contributed by atoms with E-state index in [0.29, 0.717) is 11.3 Å².